The highest BCUT2D eigenvalue weighted by molar-refractivity contribution is 6.04. The molecule has 7 rings (SSSR count). The molecular weight excluding hydrogens is 431 g/mol. The Balaban J connectivity index is 1.00. The number of anilines is 1. The Morgan fingerprint density at radius 2 is 1.91 bits per heavy atom. The lowest BCUT2D eigenvalue weighted by atomic mass is 9.44. The largest absolute Gasteiger partial charge is 0.494 e. The number of carbonyl (C=O) groups is 1. The normalized spacial score (nSPS) is 32.9. The third-order valence-corrected chi connectivity index (χ3v) is 8.54. The fraction of sp³-hybridized carbons (Fsp3) is 0.640. The van der Waals surface area contributed by atoms with Crippen molar-refractivity contribution in [2.45, 2.75) is 44.7 Å². The van der Waals surface area contributed by atoms with Gasteiger partial charge in [-0.15, -0.1) is 0 Å². The quantitative estimate of drug-likeness (QED) is 0.596. The van der Waals surface area contributed by atoms with Crippen molar-refractivity contribution in [1.82, 2.24) is 9.88 Å². The highest BCUT2D eigenvalue weighted by Gasteiger charge is 2.61. The number of rotatable bonds is 7. The summed E-state index contributed by atoms with van der Waals surface area (Å²) >= 11 is 0. The lowest BCUT2D eigenvalue weighted by Gasteiger charge is -2.60. The number of H-pyrrole nitrogens is 1. The van der Waals surface area contributed by atoms with Crippen molar-refractivity contribution in [3.63, 3.8) is 0 Å². The number of alkyl halides is 3. The maximum absolute atomic E-state index is 12.7. The molecule has 0 spiro atoms. The van der Waals surface area contributed by atoms with Gasteiger partial charge in [-0.05, 0) is 80.4 Å². The number of nitrogens with zero attached hydrogens (tertiary/aromatic N) is 1. The third kappa shape index (κ3) is 4.00. The van der Waals surface area contributed by atoms with Gasteiger partial charge in [0.1, 0.15) is 5.75 Å². The summed E-state index contributed by atoms with van der Waals surface area (Å²) < 4.78 is 44.0. The van der Waals surface area contributed by atoms with Crippen LogP contribution in [0.2, 0.25) is 0 Å². The number of hydrogen-bond acceptors (Lipinski definition) is 3. The summed E-state index contributed by atoms with van der Waals surface area (Å²) in [5.74, 6) is 2.97. The van der Waals surface area contributed by atoms with Crippen LogP contribution >= 0.6 is 0 Å². The van der Waals surface area contributed by atoms with Gasteiger partial charge in [-0.2, -0.15) is 13.2 Å². The minimum Gasteiger partial charge on any atom is -0.494 e. The molecule has 1 aromatic carbocycles. The summed E-state index contributed by atoms with van der Waals surface area (Å²) in [6.07, 6.45) is 3.74. The smallest absolute Gasteiger partial charge is 0.401 e. The zero-order chi connectivity index (χ0) is 22.8. The number of halogens is 3. The van der Waals surface area contributed by atoms with E-state index in [0.717, 1.165) is 66.8 Å². The molecule has 8 heteroatoms. The minimum absolute atomic E-state index is 0.119. The predicted molar refractivity (Wildman–Crippen MR) is 119 cm³/mol. The van der Waals surface area contributed by atoms with Crippen molar-refractivity contribution in [2.75, 3.05) is 31.6 Å². The Kier molecular flexibility index (Phi) is 4.94. The molecule has 1 aliphatic heterocycles. The lowest BCUT2D eigenvalue weighted by molar-refractivity contribution is -0.158. The van der Waals surface area contributed by atoms with Crippen LogP contribution in [0, 0.1) is 29.1 Å². The first-order chi connectivity index (χ1) is 15.8. The van der Waals surface area contributed by atoms with E-state index in [1.54, 1.807) is 4.90 Å². The molecule has 178 valence electrons. The summed E-state index contributed by atoms with van der Waals surface area (Å²) in [6, 6.07) is 5.88. The summed E-state index contributed by atoms with van der Waals surface area (Å²) in [5.41, 5.74) is 1.64. The van der Waals surface area contributed by atoms with E-state index < -0.39 is 12.7 Å². The molecule has 5 aliphatic rings. The predicted octanol–water partition coefficient (Wildman–Crippen LogP) is 5.20. The fourth-order valence-corrected chi connectivity index (χ4v) is 6.79. The van der Waals surface area contributed by atoms with Gasteiger partial charge in [0.15, 0.2) is 0 Å². The highest BCUT2D eigenvalue weighted by Crippen LogP contribution is 2.64. The number of nitrogens with one attached hydrogen (secondary N) is 2. The number of benzene rings is 1. The molecule has 4 saturated carbocycles. The van der Waals surface area contributed by atoms with Crippen molar-refractivity contribution in [3.05, 3.63) is 24.4 Å². The van der Waals surface area contributed by atoms with Gasteiger partial charge in [0.2, 0.25) is 5.91 Å². The van der Waals surface area contributed by atoms with E-state index in [1.807, 2.05) is 24.4 Å². The van der Waals surface area contributed by atoms with Crippen molar-refractivity contribution in [3.8, 4) is 5.75 Å². The standard InChI is InChI=1S/C25H30F3N3O2/c26-25(27,28)14-31-12-17-5-15(6-18(17)13-31)3-4-33-19-1-2-21-20(7-19)22(11-29-21)30-23(32)24-8-16(9-24)10-24/h1-2,7,11,15-18,29H,3-6,8-10,12-14H2,(H,30,32)/t15-,16?,17-,18+,24?. The molecule has 0 unspecified atom stereocenters. The monoisotopic (exact) mass is 461 g/mol. The molecule has 2 N–H and O–H groups in total. The molecule has 1 aromatic heterocycles. The van der Waals surface area contributed by atoms with Gasteiger partial charge in [-0.1, -0.05) is 0 Å². The summed E-state index contributed by atoms with van der Waals surface area (Å²) in [4.78, 5) is 17.4. The number of fused-ring (bicyclic) bond motifs is 2. The van der Waals surface area contributed by atoms with E-state index in [4.69, 9.17) is 4.74 Å². The first-order valence-electron chi connectivity index (χ1n) is 12.1. The van der Waals surface area contributed by atoms with E-state index in [9.17, 15) is 18.0 Å². The van der Waals surface area contributed by atoms with E-state index >= 15 is 0 Å². The van der Waals surface area contributed by atoms with Crippen LogP contribution in [0.5, 0.6) is 5.75 Å². The molecule has 5 fully saturated rings. The van der Waals surface area contributed by atoms with Crippen molar-refractivity contribution in [1.29, 1.82) is 0 Å². The first-order valence-corrected chi connectivity index (χ1v) is 12.1. The second kappa shape index (κ2) is 7.65. The third-order valence-electron chi connectivity index (χ3n) is 8.54. The molecule has 2 bridgehead atoms. The number of carbonyl (C=O) groups excluding carboxylic acids is 1. The van der Waals surface area contributed by atoms with Crippen LogP contribution in [-0.2, 0) is 4.79 Å². The fourth-order valence-electron chi connectivity index (χ4n) is 6.79. The molecular formula is C25H30F3N3O2. The van der Waals surface area contributed by atoms with E-state index in [2.05, 4.69) is 10.3 Å². The summed E-state index contributed by atoms with van der Waals surface area (Å²) in [6.45, 7) is 0.960. The average molecular weight is 462 g/mol. The second-order valence-electron chi connectivity index (χ2n) is 10.9. The van der Waals surface area contributed by atoms with Crippen molar-refractivity contribution >= 4 is 22.5 Å². The SMILES string of the molecule is O=C(Nc1c[nH]c2ccc(OCC[C@@H]3C[C@@H]4CN(CC(F)(F)F)C[C@@H]4C3)cc12)C12CC(C1)C2. The van der Waals surface area contributed by atoms with Crippen LogP contribution in [0.4, 0.5) is 18.9 Å². The molecule has 0 radical (unpaired) electrons. The van der Waals surface area contributed by atoms with Gasteiger partial charge >= 0.3 is 6.18 Å². The highest BCUT2D eigenvalue weighted by atomic mass is 19.4. The number of aromatic amines is 1. The number of likely N-dealkylation sites (tertiary alicyclic amines) is 1. The van der Waals surface area contributed by atoms with E-state index in [-0.39, 0.29) is 11.3 Å². The maximum Gasteiger partial charge on any atom is 0.401 e. The Hall–Kier alpha value is -2.22. The molecule has 4 aliphatic carbocycles. The van der Waals surface area contributed by atoms with Gasteiger partial charge in [0.25, 0.3) is 0 Å². The Morgan fingerprint density at radius 3 is 2.55 bits per heavy atom. The molecule has 2 aromatic rings. The van der Waals surface area contributed by atoms with E-state index in [1.165, 1.54) is 0 Å². The first kappa shape index (κ1) is 21.3. The number of amides is 1. The van der Waals surface area contributed by atoms with Crippen LogP contribution in [0.15, 0.2) is 24.4 Å². The minimum atomic E-state index is -4.10. The summed E-state index contributed by atoms with van der Waals surface area (Å²) in [7, 11) is 0. The molecule has 1 amide bonds. The Labute approximate surface area is 191 Å². The van der Waals surface area contributed by atoms with Gasteiger partial charge in [0, 0.05) is 30.2 Å². The lowest BCUT2D eigenvalue weighted by Crippen LogP contribution is -2.58. The van der Waals surface area contributed by atoms with Gasteiger partial charge in [0.05, 0.1) is 24.3 Å². The summed E-state index contributed by atoms with van der Waals surface area (Å²) in [5, 5.41) is 4.06. The number of hydrogen-bond donors (Lipinski definition) is 2. The number of aromatic nitrogens is 1. The molecule has 3 atom stereocenters. The molecule has 2 heterocycles. The van der Waals surface area contributed by atoms with Crippen LogP contribution in [0.3, 0.4) is 0 Å². The Bertz CT molecular complexity index is 1030. The van der Waals surface area contributed by atoms with Crippen LogP contribution in [0.1, 0.15) is 38.5 Å². The Morgan fingerprint density at radius 1 is 1.18 bits per heavy atom. The van der Waals surface area contributed by atoms with Crippen LogP contribution in [-0.4, -0.2) is 48.2 Å². The topological polar surface area (TPSA) is 57.4 Å². The zero-order valence-corrected chi connectivity index (χ0v) is 18.6. The average Bonchev–Trinajstić information content (AvgIpc) is 3.31. The maximum atomic E-state index is 12.7. The van der Waals surface area contributed by atoms with Crippen LogP contribution < -0.4 is 10.1 Å². The van der Waals surface area contributed by atoms with Gasteiger partial charge < -0.3 is 15.0 Å². The number of ether oxygens (including phenoxy) is 1. The second-order valence-corrected chi connectivity index (χ2v) is 10.9. The van der Waals surface area contributed by atoms with Gasteiger partial charge in [-0.25, -0.2) is 0 Å². The zero-order valence-electron chi connectivity index (χ0n) is 18.6. The van der Waals surface area contributed by atoms with Crippen LogP contribution in [0.25, 0.3) is 10.9 Å². The van der Waals surface area contributed by atoms with Crippen molar-refractivity contribution < 1.29 is 22.7 Å². The van der Waals surface area contributed by atoms with E-state index in [0.29, 0.717) is 37.5 Å². The molecule has 5 nitrogen and oxygen atoms in total. The molecule has 33 heavy (non-hydrogen) atoms. The van der Waals surface area contributed by atoms with Crippen molar-refractivity contribution in [2.24, 2.45) is 29.1 Å². The molecule has 1 saturated heterocycles. The van der Waals surface area contributed by atoms with Gasteiger partial charge in [-0.3, -0.25) is 9.69 Å².